The summed E-state index contributed by atoms with van der Waals surface area (Å²) in [6.07, 6.45) is -0.0255. The van der Waals surface area contributed by atoms with Crippen molar-refractivity contribution in [3.63, 3.8) is 0 Å². The van der Waals surface area contributed by atoms with Gasteiger partial charge in [-0.05, 0) is 6.42 Å². The normalized spacial score (nSPS) is 10.4. The Morgan fingerprint density at radius 1 is 1.67 bits per heavy atom. The molecule has 0 amide bonds. The lowest BCUT2D eigenvalue weighted by molar-refractivity contribution is 0.489. The van der Waals surface area contributed by atoms with E-state index >= 15 is 0 Å². The molecule has 0 aromatic heterocycles. The summed E-state index contributed by atoms with van der Waals surface area (Å²) >= 11 is 0. The zero-order valence-corrected chi connectivity index (χ0v) is 5.60. The maximum Gasteiger partial charge on any atom is 0.301 e. The van der Waals surface area contributed by atoms with Gasteiger partial charge in [0.2, 0.25) is 0 Å². The van der Waals surface area contributed by atoms with E-state index in [9.17, 15) is 13.2 Å². The van der Waals surface area contributed by atoms with Crippen molar-refractivity contribution >= 4 is 16.1 Å². The number of hydrogen-bond acceptors (Lipinski definition) is 3. The lowest BCUT2D eigenvalue weighted by Gasteiger charge is -1.89. The topological polar surface area (TPSA) is 71.4 Å². The van der Waals surface area contributed by atoms with Crippen molar-refractivity contribution in [2.75, 3.05) is 0 Å². The fraction of sp³-hybridized carbons (Fsp3) is 0.500. The van der Waals surface area contributed by atoms with Crippen LogP contribution in [0.2, 0.25) is 0 Å². The van der Waals surface area contributed by atoms with Gasteiger partial charge in [0, 0.05) is 0 Å². The third-order valence-corrected chi connectivity index (χ3v) is 1.74. The first-order valence-electron chi connectivity index (χ1n) is 2.23. The predicted octanol–water partition coefficient (Wildman–Crippen LogP) is -0.000300. The molecule has 0 spiro atoms. The van der Waals surface area contributed by atoms with Crippen LogP contribution in [-0.4, -0.2) is 18.9 Å². The lowest BCUT2D eigenvalue weighted by atomic mass is 10.5. The second kappa shape index (κ2) is 2.77. The first kappa shape index (κ1) is 8.36. The molecule has 1 N–H and O–H groups in total. The molecule has 0 aliphatic heterocycles. The van der Waals surface area contributed by atoms with Gasteiger partial charge in [0.1, 0.15) is 5.94 Å². The summed E-state index contributed by atoms with van der Waals surface area (Å²) in [5, 5.41) is 0. The molecule has 5 heteroatoms. The number of hydrogen-bond donors (Lipinski definition) is 1. The lowest BCUT2D eigenvalue weighted by Crippen LogP contribution is -2.00. The molecule has 0 aromatic rings. The molecule has 0 saturated carbocycles. The largest absolute Gasteiger partial charge is 0.301 e. The highest BCUT2D eigenvalue weighted by Crippen LogP contribution is 2.02. The van der Waals surface area contributed by atoms with E-state index < -0.39 is 15.0 Å². The van der Waals surface area contributed by atoms with Crippen molar-refractivity contribution < 1.29 is 17.8 Å². The van der Waals surface area contributed by atoms with E-state index in [0.29, 0.717) is 0 Å². The summed E-state index contributed by atoms with van der Waals surface area (Å²) in [4.78, 5) is 9.07. The maximum absolute atomic E-state index is 10.0. The van der Waals surface area contributed by atoms with E-state index in [-0.39, 0.29) is 6.42 Å². The van der Waals surface area contributed by atoms with Crippen LogP contribution >= 0.6 is 0 Å². The maximum atomic E-state index is 10.0. The summed E-state index contributed by atoms with van der Waals surface area (Å²) in [6, 6.07) is 0. The Morgan fingerprint density at radius 3 is 2.11 bits per heavy atom. The first-order valence-corrected chi connectivity index (χ1v) is 3.67. The van der Waals surface area contributed by atoms with Crippen LogP contribution in [-0.2, 0) is 14.9 Å². The minimum Gasteiger partial charge on any atom is -0.281 e. The molecule has 0 rings (SSSR count). The van der Waals surface area contributed by atoms with Crippen molar-refractivity contribution in [1.82, 2.24) is 0 Å². The Morgan fingerprint density at radius 2 is 2.11 bits per heavy atom. The standard InChI is InChI=1S/C4H6O4S/c1-2-4(3-5)9(6,7)8/h2H2,1H3,(H,6,7,8). The molecule has 0 aromatic carbocycles. The minimum atomic E-state index is -4.27. The van der Waals surface area contributed by atoms with Gasteiger partial charge < -0.3 is 0 Å². The van der Waals surface area contributed by atoms with Crippen LogP contribution < -0.4 is 0 Å². The van der Waals surface area contributed by atoms with E-state index in [0.717, 1.165) is 5.94 Å². The minimum absolute atomic E-state index is 0.0255. The molecular weight excluding hydrogens is 144 g/mol. The SMILES string of the molecule is CCC(=C=O)S(=O)(=O)O. The Bertz CT molecular complexity index is 231. The van der Waals surface area contributed by atoms with Crippen LogP contribution in [0.3, 0.4) is 0 Å². The smallest absolute Gasteiger partial charge is 0.281 e. The second-order valence-electron chi connectivity index (χ2n) is 1.35. The summed E-state index contributed by atoms with van der Waals surface area (Å²) in [5.74, 6) is 1.12. The van der Waals surface area contributed by atoms with Gasteiger partial charge in [-0.3, -0.25) is 4.55 Å². The zero-order valence-electron chi connectivity index (χ0n) is 4.79. The molecule has 0 fully saturated rings. The summed E-state index contributed by atoms with van der Waals surface area (Å²) in [6.45, 7) is 1.44. The average molecular weight is 150 g/mol. The summed E-state index contributed by atoms with van der Waals surface area (Å²) < 4.78 is 28.2. The summed E-state index contributed by atoms with van der Waals surface area (Å²) in [7, 11) is -4.27. The Hall–Kier alpha value is -0.640. The second-order valence-corrected chi connectivity index (χ2v) is 2.80. The molecule has 52 valence electrons. The van der Waals surface area contributed by atoms with E-state index in [4.69, 9.17) is 4.55 Å². The third kappa shape index (κ3) is 2.41. The van der Waals surface area contributed by atoms with Gasteiger partial charge in [-0.25, -0.2) is 4.79 Å². The molecule has 0 bridgehead atoms. The Labute approximate surface area is 52.9 Å². The molecule has 0 aliphatic carbocycles. The van der Waals surface area contributed by atoms with Crippen LogP contribution in [0.4, 0.5) is 0 Å². The molecule has 4 nitrogen and oxygen atoms in total. The van der Waals surface area contributed by atoms with Gasteiger partial charge in [-0.2, -0.15) is 8.42 Å². The summed E-state index contributed by atoms with van der Waals surface area (Å²) in [5.41, 5.74) is 0. The van der Waals surface area contributed by atoms with Crippen LogP contribution in [0.25, 0.3) is 0 Å². The quantitative estimate of drug-likeness (QED) is 0.444. The van der Waals surface area contributed by atoms with Crippen LogP contribution in [0.1, 0.15) is 13.3 Å². The van der Waals surface area contributed by atoms with Crippen molar-refractivity contribution in [2.45, 2.75) is 13.3 Å². The van der Waals surface area contributed by atoms with E-state index in [1.807, 2.05) is 0 Å². The average Bonchev–Trinajstić information content (AvgIpc) is 1.65. The molecule has 0 atom stereocenters. The van der Waals surface area contributed by atoms with E-state index in [1.165, 1.54) is 6.92 Å². The molecule has 9 heavy (non-hydrogen) atoms. The van der Waals surface area contributed by atoms with Gasteiger partial charge in [-0.1, -0.05) is 6.92 Å². The highest BCUT2D eigenvalue weighted by Gasteiger charge is 2.11. The van der Waals surface area contributed by atoms with E-state index in [2.05, 4.69) is 0 Å². The van der Waals surface area contributed by atoms with Gasteiger partial charge in [0.25, 0.3) is 0 Å². The molecule has 0 heterocycles. The zero-order chi connectivity index (χ0) is 7.49. The van der Waals surface area contributed by atoms with Gasteiger partial charge in [0.15, 0.2) is 4.91 Å². The van der Waals surface area contributed by atoms with Crippen LogP contribution in [0.15, 0.2) is 4.91 Å². The highest BCUT2D eigenvalue weighted by atomic mass is 32.2. The Kier molecular flexibility index (Phi) is 2.58. The van der Waals surface area contributed by atoms with Crippen molar-refractivity contribution in [1.29, 1.82) is 0 Å². The van der Waals surface area contributed by atoms with Gasteiger partial charge >= 0.3 is 10.1 Å². The van der Waals surface area contributed by atoms with Crippen molar-refractivity contribution in [3.8, 4) is 0 Å². The molecule has 0 aliphatic rings. The first-order chi connectivity index (χ1) is 4.02. The van der Waals surface area contributed by atoms with Gasteiger partial charge in [-0.15, -0.1) is 0 Å². The van der Waals surface area contributed by atoms with Crippen molar-refractivity contribution in [2.24, 2.45) is 0 Å². The van der Waals surface area contributed by atoms with Gasteiger partial charge in [0.05, 0.1) is 0 Å². The fourth-order valence-electron chi connectivity index (χ4n) is 0.307. The number of carbonyl (C=O) groups excluding carboxylic acids is 1. The molecule has 0 unspecified atom stereocenters. The molecule has 0 saturated heterocycles. The fourth-order valence-corrected chi connectivity index (χ4v) is 0.777. The molecule has 0 radical (unpaired) electrons. The number of rotatable bonds is 2. The third-order valence-electron chi connectivity index (χ3n) is 0.746. The highest BCUT2D eigenvalue weighted by molar-refractivity contribution is 7.90. The predicted molar refractivity (Wildman–Crippen MR) is 31.0 cm³/mol. The number of allylic oxidation sites excluding steroid dienone is 1. The van der Waals surface area contributed by atoms with E-state index in [1.54, 1.807) is 0 Å². The van der Waals surface area contributed by atoms with Crippen LogP contribution in [0, 0.1) is 0 Å². The van der Waals surface area contributed by atoms with Crippen LogP contribution in [0.5, 0.6) is 0 Å². The molecular formula is C4H6O4S. The monoisotopic (exact) mass is 150 g/mol. The van der Waals surface area contributed by atoms with Crippen molar-refractivity contribution in [3.05, 3.63) is 4.91 Å². The Balaban J connectivity index is 4.78.